The summed E-state index contributed by atoms with van der Waals surface area (Å²) in [4.78, 5) is 13.2. The van der Waals surface area contributed by atoms with Crippen LogP contribution in [0.25, 0.3) is 0 Å². The topological polar surface area (TPSA) is 212 Å². The largest absolute Gasteiger partial charge is 0.397 e. The van der Waals surface area contributed by atoms with Gasteiger partial charge in [-0.05, 0) is 38.5 Å². The first kappa shape index (κ1) is 60.8. The van der Waals surface area contributed by atoms with Crippen LogP contribution in [0.5, 0.6) is 0 Å². The fraction of sp³-hybridized carbons (Fsp3) is 0.940. The molecule has 0 saturated carbocycles. The Morgan fingerprint density at radius 2 is 1.00 bits per heavy atom. The van der Waals surface area contributed by atoms with Crippen molar-refractivity contribution in [3.05, 3.63) is 12.2 Å². The monoisotopic (exact) mass is 936 g/mol. The van der Waals surface area contributed by atoms with Crippen LogP contribution < -0.4 is 5.32 Å². The maximum atomic E-state index is 13.2. The van der Waals surface area contributed by atoms with Gasteiger partial charge in [-0.3, -0.25) is 9.35 Å². The molecule has 380 valence electrons. The molecule has 1 aliphatic heterocycles. The Morgan fingerprint density at radius 3 is 1.41 bits per heavy atom. The van der Waals surface area contributed by atoms with E-state index in [9.17, 15) is 43.3 Å². The molecule has 64 heavy (non-hydrogen) atoms. The third-order valence-corrected chi connectivity index (χ3v) is 13.1. The summed E-state index contributed by atoms with van der Waals surface area (Å²) in [6.45, 7) is 3.30. The van der Waals surface area contributed by atoms with Gasteiger partial charge >= 0.3 is 10.4 Å². The fourth-order valence-electron chi connectivity index (χ4n) is 8.52. The van der Waals surface area contributed by atoms with E-state index >= 15 is 0 Å². The number of carbonyl (C=O) groups is 1. The lowest BCUT2D eigenvalue weighted by atomic mass is 9.99. The Hall–Kier alpha value is -1.20. The molecular weight excluding hydrogens is 839 g/mol. The zero-order valence-corrected chi connectivity index (χ0v) is 41.3. The predicted molar refractivity (Wildman–Crippen MR) is 256 cm³/mol. The number of unbranched alkanes of at least 4 members (excludes halogenated alkanes) is 30. The highest BCUT2D eigenvalue weighted by molar-refractivity contribution is 7.80. The third kappa shape index (κ3) is 32.5. The molecule has 8 atom stereocenters. The zero-order valence-electron chi connectivity index (χ0n) is 40.5. The van der Waals surface area contributed by atoms with Crippen molar-refractivity contribution in [2.75, 3.05) is 13.2 Å². The Kier molecular flexibility index (Phi) is 38.8. The van der Waals surface area contributed by atoms with Gasteiger partial charge in [0.2, 0.25) is 5.91 Å². The van der Waals surface area contributed by atoms with Gasteiger partial charge in [0.05, 0.1) is 25.4 Å². The molecule has 8 unspecified atom stereocenters. The average molecular weight is 936 g/mol. The average Bonchev–Trinajstić information content (AvgIpc) is 3.27. The van der Waals surface area contributed by atoms with Gasteiger partial charge in [-0.2, -0.15) is 8.42 Å². The minimum atomic E-state index is -5.11. The summed E-state index contributed by atoms with van der Waals surface area (Å²) in [5.74, 6) is -0.671. The number of carbonyl (C=O) groups excluding carboxylic acids is 1. The molecule has 1 aliphatic rings. The van der Waals surface area contributed by atoms with Gasteiger partial charge in [0.15, 0.2) is 6.29 Å². The van der Waals surface area contributed by atoms with Crippen molar-refractivity contribution in [1.29, 1.82) is 0 Å². The molecule has 13 nitrogen and oxygen atoms in total. The van der Waals surface area contributed by atoms with E-state index in [1.165, 1.54) is 141 Å². The molecule has 1 fully saturated rings. The molecule has 0 aromatic carbocycles. The number of nitrogens with one attached hydrogen (secondary N) is 1. The maximum absolute atomic E-state index is 13.2. The van der Waals surface area contributed by atoms with E-state index in [-0.39, 0.29) is 6.42 Å². The van der Waals surface area contributed by atoms with E-state index in [1.54, 1.807) is 0 Å². The molecule has 1 rings (SSSR count). The van der Waals surface area contributed by atoms with Crippen LogP contribution >= 0.6 is 0 Å². The number of allylic oxidation sites excluding steroid dienone is 2. The van der Waals surface area contributed by atoms with Crippen molar-refractivity contribution in [1.82, 2.24) is 5.32 Å². The van der Waals surface area contributed by atoms with Crippen LogP contribution in [0.1, 0.15) is 239 Å². The minimum absolute atomic E-state index is 0.255. The van der Waals surface area contributed by atoms with E-state index in [1.807, 2.05) is 0 Å². The zero-order chi connectivity index (χ0) is 47.1. The van der Waals surface area contributed by atoms with Crippen LogP contribution in [0.3, 0.4) is 0 Å². The summed E-state index contributed by atoms with van der Waals surface area (Å²) in [6.07, 6.45) is 33.9. The highest BCUT2D eigenvalue weighted by Crippen LogP contribution is 2.26. The minimum Gasteiger partial charge on any atom is -0.394 e. The Morgan fingerprint density at radius 1 is 0.609 bits per heavy atom. The number of aliphatic hydroxyl groups excluding tert-OH is 5. The number of rotatable bonds is 45. The number of amides is 1. The molecule has 14 heteroatoms. The fourth-order valence-corrected chi connectivity index (χ4v) is 9.03. The van der Waals surface area contributed by atoms with Crippen molar-refractivity contribution in [2.45, 2.75) is 288 Å². The lowest BCUT2D eigenvalue weighted by Crippen LogP contribution is -2.61. The molecular formula is C50H97NO12S. The Labute approximate surface area is 390 Å². The smallest absolute Gasteiger partial charge is 0.394 e. The number of ether oxygens (including phenoxy) is 2. The van der Waals surface area contributed by atoms with Crippen molar-refractivity contribution in [3.63, 3.8) is 0 Å². The van der Waals surface area contributed by atoms with E-state index in [0.29, 0.717) is 19.3 Å². The molecule has 0 aromatic rings. The molecule has 1 amide bonds. The number of hydrogen-bond acceptors (Lipinski definition) is 11. The summed E-state index contributed by atoms with van der Waals surface area (Å²) in [7, 11) is -5.11. The van der Waals surface area contributed by atoms with Crippen molar-refractivity contribution < 1.29 is 57.0 Å². The first-order valence-electron chi connectivity index (χ1n) is 26.2. The first-order chi connectivity index (χ1) is 30.9. The van der Waals surface area contributed by atoms with Gasteiger partial charge in [0, 0.05) is 0 Å². The van der Waals surface area contributed by atoms with Crippen molar-refractivity contribution >= 4 is 16.3 Å². The summed E-state index contributed by atoms with van der Waals surface area (Å²) < 4.78 is 47.7. The van der Waals surface area contributed by atoms with Crippen molar-refractivity contribution in [3.8, 4) is 0 Å². The molecule has 1 heterocycles. The van der Waals surface area contributed by atoms with Gasteiger partial charge in [0.1, 0.15) is 30.5 Å². The van der Waals surface area contributed by atoms with Gasteiger partial charge < -0.3 is 40.3 Å². The van der Waals surface area contributed by atoms with Crippen LogP contribution in [0.15, 0.2) is 12.2 Å². The summed E-state index contributed by atoms with van der Waals surface area (Å²) in [6, 6.07) is -1.03. The quantitative estimate of drug-likeness (QED) is 0.0173. The SMILES string of the molecule is CCCCCCCCCCCCC/C=C\CCCCCCCCC(O)C(=O)NC(COC1OC(CO)C(O)C(OS(=O)(=O)O)C1O)C(O)CCCCCCCCCCCCCCCC. The third-order valence-electron chi connectivity index (χ3n) is 12.7. The number of aliphatic hydroxyl groups is 5. The lowest BCUT2D eigenvalue weighted by molar-refractivity contribution is -0.298. The standard InChI is InChI=1S/C50H97NO12S/c1-3-5-7-9-11-13-15-17-19-20-21-22-23-24-25-27-29-31-33-35-37-39-44(54)49(57)51-42(41-61-50-47(56)48(63-64(58,59)60)46(55)45(40-52)62-50)43(53)38-36-34-32-30-28-26-18-16-14-12-10-8-6-4-2/h23-24,42-48,50,52-56H,3-22,25-41H2,1-2H3,(H,51,57)(H,58,59,60)/b24-23-. The number of hydrogen-bond donors (Lipinski definition) is 7. The van der Waals surface area contributed by atoms with Crippen molar-refractivity contribution in [2.24, 2.45) is 0 Å². The normalized spacial score (nSPS) is 20.8. The summed E-state index contributed by atoms with van der Waals surface area (Å²) >= 11 is 0. The second-order valence-electron chi connectivity index (χ2n) is 18.6. The molecule has 0 aromatic heterocycles. The van der Waals surface area contributed by atoms with E-state index in [2.05, 4.69) is 35.5 Å². The maximum Gasteiger partial charge on any atom is 0.397 e. The van der Waals surface area contributed by atoms with E-state index in [0.717, 1.165) is 57.8 Å². The van der Waals surface area contributed by atoms with Gasteiger partial charge in [-0.25, -0.2) is 4.18 Å². The molecule has 0 bridgehead atoms. The summed E-state index contributed by atoms with van der Waals surface area (Å²) in [5.41, 5.74) is 0. The molecule has 1 saturated heterocycles. The molecule has 7 N–H and O–H groups in total. The van der Waals surface area contributed by atoms with Crippen LogP contribution in [0.4, 0.5) is 0 Å². The molecule has 0 aliphatic carbocycles. The molecule has 0 radical (unpaired) electrons. The lowest BCUT2D eigenvalue weighted by Gasteiger charge is -2.41. The predicted octanol–water partition coefficient (Wildman–Crippen LogP) is 10.1. The van der Waals surface area contributed by atoms with Crippen LogP contribution in [-0.2, 0) is 28.9 Å². The van der Waals surface area contributed by atoms with Gasteiger partial charge in [-0.1, -0.05) is 212 Å². The Bertz CT molecular complexity index is 1210. The van der Waals surface area contributed by atoms with Crippen LogP contribution in [0, 0.1) is 0 Å². The highest BCUT2D eigenvalue weighted by atomic mass is 32.3. The second-order valence-corrected chi connectivity index (χ2v) is 19.7. The second kappa shape index (κ2) is 40.8. The highest BCUT2D eigenvalue weighted by Gasteiger charge is 2.48. The first-order valence-corrected chi connectivity index (χ1v) is 27.5. The summed E-state index contributed by atoms with van der Waals surface area (Å²) in [5, 5.41) is 55.5. The van der Waals surface area contributed by atoms with Gasteiger partial charge in [-0.15, -0.1) is 0 Å². The van der Waals surface area contributed by atoms with E-state index in [4.69, 9.17) is 9.47 Å². The van der Waals surface area contributed by atoms with Crippen LogP contribution in [-0.4, -0.2) is 107 Å². The van der Waals surface area contributed by atoms with E-state index < -0.39 is 78.5 Å². The Balaban J connectivity index is 2.46. The van der Waals surface area contributed by atoms with Gasteiger partial charge in [0.25, 0.3) is 0 Å². The van der Waals surface area contributed by atoms with Crippen LogP contribution in [0.2, 0.25) is 0 Å². The molecule has 0 spiro atoms.